The number of hydrogen-bond donors (Lipinski definition) is 1. The van der Waals surface area contributed by atoms with Crippen LogP contribution >= 0.6 is 22.6 Å². The number of aliphatic hydroxyl groups excluding tert-OH is 1. The van der Waals surface area contributed by atoms with E-state index in [-0.39, 0.29) is 18.5 Å². The standard InChI is InChI=1S/C10H10FIN2O/c1-6(5-15)14-4-9(12)7-2-13-3-8(11)10(7)14/h2-4,6,15H,5H2,1H3. The minimum absolute atomic E-state index is 0.0123. The van der Waals surface area contributed by atoms with E-state index < -0.39 is 0 Å². The lowest BCUT2D eigenvalue weighted by Gasteiger charge is -2.11. The molecular weight excluding hydrogens is 310 g/mol. The van der Waals surface area contributed by atoms with Crippen molar-refractivity contribution in [1.29, 1.82) is 0 Å². The molecule has 2 aromatic heterocycles. The lowest BCUT2D eigenvalue weighted by Crippen LogP contribution is -2.08. The smallest absolute Gasteiger partial charge is 0.165 e. The van der Waals surface area contributed by atoms with Crippen molar-refractivity contribution in [2.75, 3.05) is 6.61 Å². The first-order valence-electron chi connectivity index (χ1n) is 4.55. The third-order valence-electron chi connectivity index (χ3n) is 2.38. The fourth-order valence-electron chi connectivity index (χ4n) is 1.56. The molecule has 0 fully saturated rings. The Balaban J connectivity index is 2.75. The zero-order valence-corrected chi connectivity index (χ0v) is 10.3. The lowest BCUT2D eigenvalue weighted by atomic mass is 10.3. The zero-order valence-electron chi connectivity index (χ0n) is 8.11. The summed E-state index contributed by atoms with van der Waals surface area (Å²) in [6.07, 6.45) is 4.66. The van der Waals surface area contributed by atoms with Gasteiger partial charge in [0.15, 0.2) is 5.82 Å². The summed E-state index contributed by atoms with van der Waals surface area (Å²) < 4.78 is 16.3. The highest BCUT2D eigenvalue weighted by Crippen LogP contribution is 2.26. The number of hydrogen-bond acceptors (Lipinski definition) is 2. The average molecular weight is 320 g/mol. The Labute approximate surface area is 100 Å². The Morgan fingerprint density at radius 2 is 2.33 bits per heavy atom. The van der Waals surface area contributed by atoms with E-state index in [1.807, 2.05) is 13.1 Å². The molecule has 2 heterocycles. The molecule has 1 atom stereocenters. The summed E-state index contributed by atoms with van der Waals surface area (Å²) in [6, 6.07) is -0.132. The maximum Gasteiger partial charge on any atom is 0.165 e. The van der Waals surface area contributed by atoms with E-state index in [9.17, 15) is 4.39 Å². The molecule has 1 N–H and O–H groups in total. The van der Waals surface area contributed by atoms with Crippen LogP contribution in [-0.4, -0.2) is 21.3 Å². The number of pyridine rings is 1. The van der Waals surface area contributed by atoms with Gasteiger partial charge in [-0.15, -0.1) is 0 Å². The summed E-state index contributed by atoms with van der Waals surface area (Å²) in [7, 11) is 0. The Kier molecular flexibility index (Phi) is 2.92. The van der Waals surface area contributed by atoms with Crippen LogP contribution in [0.3, 0.4) is 0 Å². The first kappa shape index (κ1) is 10.8. The van der Waals surface area contributed by atoms with Crippen molar-refractivity contribution in [2.24, 2.45) is 0 Å². The Morgan fingerprint density at radius 1 is 1.60 bits per heavy atom. The number of fused-ring (bicyclic) bond motifs is 1. The van der Waals surface area contributed by atoms with Crippen molar-refractivity contribution < 1.29 is 9.50 Å². The SMILES string of the molecule is CC(CO)n1cc(I)c2cncc(F)c21. The largest absolute Gasteiger partial charge is 0.394 e. The van der Waals surface area contributed by atoms with Crippen molar-refractivity contribution in [3.05, 3.63) is 28.0 Å². The van der Waals surface area contributed by atoms with E-state index in [0.29, 0.717) is 5.52 Å². The zero-order chi connectivity index (χ0) is 11.0. The molecule has 0 aliphatic rings. The lowest BCUT2D eigenvalue weighted by molar-refractivity contribution is 0.241. The second kappa shape index (κ2) is 4.05. The second-order valence-electron chi connectivity index (χ2n) is 3.43. The molecule has 2 aromatic rings. The van der Waals surface area contributed by atoms with Gasteiger partial charge in [0.25, 0.3) is 0 Å². The Hall–Kier alpha value is -0.690. The second-order valence-corrected chi connectivity index (χ2v) is 4.60. The number of halogens is 2. The third-order valence-corrected chi connectivity index (χ3v) is 3.24. The van der Waals surface area contributed by atoms with Gasteiger partial charge in [-0.2, -0.15) is 0 Å². The highest BCUT2D eigenvalue weighted by atomic mass is 127. The van der Waals surface area contributed by atoms with Crippen LogP contribution in [0.2, 0.25) is 0 Å². The summed E-state index contributed by atoms with van der Waals surface area (Å²) >= 11 is 2.14. The fraction of sp³-hybridized carbons (Fsp3) is 0.300. The normalized spacial score (nSPS) is 13.3. The summed E-state index contributed by atoms with van der Waals surface area (Å²) in [6.45, 7) is 1.83. The monoisotopic (exact) mass is 320 g/mol. The molecular formula is C10H10FIN2O. The maximum atomic E-state index is 13.6. The molecule has 15 heavy (non-hydrogen) atoms. The molecule has 0 aromatic carbocycles. The van der Waals surface area contributed by atoms with Crippen LogP contribution in [0.4, 0.5) is 4.39 Å². The average Bonchev–Trinajstić information content (AvgIpc) is 2.57. The van der Waals surface area contributed by atoms with E-state index in [0.717, 1.165) is 8.96 Å². The van der Waals surface area contributed by atoms with Gasteiger partial charge in [0.1, 0.15) is 0 Å². The van der Waals surface area contributed by atoms with E-state index >= 15 is 0 Å². The summed E-state index contributed by atoms with van der Waals surface area (Å²) in [5, 5.41) is 9.87. The quantitative estimate of drug-likeness (QED) is 0.863. The molecule has 0 spiro atoms. The Bertz CT molecular complexity index is 497. The number of rotatable bonds is 2. The van der Waals surface area contributed by atoms with Crippen molar-refractivity contribution in [3.8, 4) is 0 Å². The minimum atomic E-state index is -0.351. The van der Waals surface area contributed by atoms with Crippen LogP contribution in [0.15, 0.2) is 18.6 Å². The molecule has 0 aliphatic heterocycles. The fourth-order valence-corrected chi connectivity index (χ4v) is 2.25. The van der Waals surface area contributed by atoms with Gasteiger partial charge < -0.3 is 9.67 Å². The first-order valence-corrected chi connectivity index (χ1v) is 5.63. The Morgan fingerprint density at radius 3 is 3.00 bits per heavy atom. The van der Waals surface area contributed by atoms with Crippen molar-refractivity contribution in [3.63, 3.8) is 0 Å². The van der Waals surface area contributed by atoms with Crippen LogP contribution in [0.5, 0.6) is 0 Å². The summed E-state index contributed by atoms with van der Waals surface area (Å²) in [5.41, 5.74) is 0.510. The molecule has 0 amide bonds. The van der Waals surface area contributed by atoms with Crippen molar-refractivity contribution in [2.45, 2.75) is 13.0 Å². The van der Waals surface area contributed by atoms with Crippen LogP contribution in [0.1, 0.15) is 13.0 Å². The summed E-state index contributed by atoms with van der Waals surface area (Å²) in [4.78, 5) is 3.82. The number of aromatic nitrogens is 2. The number of aliphatic hydroxyl groups is 1. The molecule has 3 nitrogen and oxygen atoms in total. The van der Waals surface area contributed by atoms with Gasteiger partial charge in [0.2, 0.25) is 0 Å². The topological polar surface area (TPSA) is 38.0 Å². The minimum Gasteiger partial charge on any atom is -0.394 e. The van der Waals surface area contributed by atoms with Crippen molar-refractivity contribution in [1.82, 2.24) is 9.55 Å². The van der Waals surface area contributed by atoms with Crippen molar-refractivity contribution >= 4 is 33.5 Å². The van der Waals surface area contributed by atoms with Crippen LogP contribution in [-0.2, 0) is 0 Å². The van der Waals surface area contributed by atoms with Gasteiger partial charge in [-0.05, 0) is 29.5 Å². The van der Waals surface area contributed by atoms with Crippen LogP contribution in [0, 0.1) is 9.39 Å². The highest BCUT2D eigenvalue weighted by molar-refractivity contribution is 14.1. The van der Waals surface area contributed by atoms with Gasteiger partial charge in [0, 0.05) is 21.4 Å². The first-order chi connectivity index (χ1) is 7.15. The molecule has 80 valence electrons. The molecule has 1 unspecified atom stereocenters. The molecule has 0 radical (unpaired) electrons. The van der Waals surface area contributed by atoms with E-state index in [1.54, 1.807) is 10.8 Å². The molecule has 0 bridgehead atoms. The van der Waals surface area contributed by atoms with Crippen LogP contribution < -0.4 is 0 Å². The van der Waals surface area contributed by atoms with Crippen LogP contribution in [0.25, 0.3) is 10.9 Å². The van der Waals surface area contributed by atoms with E-state index in [1.165, 1.54) is 6.20 Å². The molecule has 0 aliphatic carbocycles. The molecule has 0 saturated carbocycles. The number of nitrogens with zero attached hydrogens (tertiary/aromatic N) is 2. The predicted molar refractivity (Wildman–Crippen MR) is 64.2 cm³/mol. The third kappa shape index (κ3) is 1.74. The predicted octanol–water partition coefficient (Wildman–Crippen LogP) is 2.33. The summed E-state index contributed by atoms with van der Waals surface area (Å²) in [5.74, 6) is -0.351. The highest BCUT2D eigenvalue weighted by Gasteiger charge is 2.14. The van der Waals surface area contributed by atoms with Gasteiger partial charge in [0.05, 0.1) is 24.4 Å². The van der Waals surface area contributed by atoms with Gasteiger partial charge in [-0.3, -0.25) is 4.98 Å². The van der Waals surface area contributed by atoms with E-state index in [4.69, 9.17) is 5.11 Å². The molecule has 0 saturated heterocycles. The maximum absolute atomic E-state index is 13.6. The molecule has 2 rings (SSSR count). The van der Waals surface area contributed by atoms with Gasteiger partial charge in [-0.1, -0.05) is 0 Å². The van der Waals surface area contributed by atoms with Gasteiger partial charge in [-0.25, -0.2) is 4.39 Å². The van der Waals surface area contributed by atoms with E-state index in [2.05, 4.69) is 27.6 Å². The molecule has 5 heteroatoms. The van der Waals surface area contributed by atoms with Gasteiger partial charge >= 0.3 is 0 Å².